The highest BCUT2D eigenvalue weighted by atomic mass is 16.6. The average Bonchev–Trinajstić information content (AvgIpc) is 2.26. The van der Waals surface area contributed by atoms with Crippen LogP contribution in [0.3, 0.4) is 0 Å². The Balaban J connectivity index is 2.12. The van der Waals surface area contributed by atoms with E-state index in [2.05, 4.69) is 4.90 Å². The van der Waals surface area contributed by atoms with E-state index in [0.29, 0.717) is 12.5 Å². The van der Waals surface area contributed by atoms with Crippen LogP contribution in [0.1, 0.15) is 40.0 Å². The lowest BCUT2D eigenvalue weighted by molar-refractivity contribution is -0.173. The number of ether oxygens (including phenoxy) is 1. The van der Waals surface area contributed by atoms with Crippen molar-refractivity contribution in [2.45, 2.75) is 45.6 Å². The maximum Gasteiger partial charge on any atom is 0.315 e. The molecule has 0 aromatic carbocycles. The summed E-state index contributed by atoms with van der Waals surface area (Å²) in [6, 6.07) is 0. The van der Waals surface area contributed by atoms with Crippen molar-refractivity contribution in [3.05, 3.63) is 0 Å². The third-order valence-electron chi connectivity index (χ3n) is 4.03. The first-order chi connectivity index (χ1) is 8.35. The second-order valence-electron chi connectivity index (χ2n) is 6.93. The molecule has 0 radical (unpaired) electrons. The molecule has 4 nitrogen and oxygen atoms in total. The molecule has 3 unspecified atom stereocenters. The molecule has 18 heavy (non-hydrogen) atoms. The van der Waals surface area contributed by atoms with Gasteiger partial charge in [0.15, 0.2) is 0 Å². The minimum absolute atomic E-state index is 0.103. The first-order valence-corrected chi connectivity index (χ1v) is 7.00. The van der Waals surface area contributed by atoms with E-state index in [1.165, 1.54) is 12.8 Å². The van der Waals surface area contributed by atoms with Gasteiger partial charge in [0.1, 0.15) is 5.60 Å². The van der Waals surface area contributed by atoms with Gasteiger partial charge in [-0.05, 0) is 52.5 Å². The van der Waals surface area contributed by atoms with Gasteiger partial charge in [0.25, 0.3) is 0 Å². The summed E-state index contributed by atoms with van der Waals surface area (Å²) >= 11 is 0. The minimum Gasteiger partial charge on any atom is -0.459 e. The molecule has 2 rings (SSSR count). The van der Waals surface area contributed by atoms with Crippen LogP contribution >= 0.6 is 0 Å². The summed E-state index contributed by atoms with van der Waals surface area (Å²) in [5.74, 6) is 0.512. The molecule has 0 aromatic heterocycles. The molecule has 2 heterocycles. The van der Waals surface area contributed by atoms with Gasteiger partial charge < -0.3 is 15.4 Å². The van der Waals surface area contributed by atoms with E-state index in [9.17, 15) is 4.79 Å². The van der Waals surface area contributed by atoms with Crippen LogP contribution < -0.4 is 5.73 Å². The number of nitrogens with zero attached hydrogens (tertiary/aromatic N) is 1. The predicted molar refractivity (Wildman–Crippen MR) is 71.1 cm³/mol. The van der Waals surface area contributed by atoms with E-state index in [1.807, 2.05) is 20.8 Å². The third kappa shape index (κ3) is 2.86. The van der Waals surface area contributed by atoms with E-state index in [-0.39, 0.29) is 5.97 Å². The number of hydrogen-bond donors (Lipinski definition) is 1. The molecule has 0 aliphatic carbocycles. The van der Waals surface area contributed by atoms with Crippen molar-refractivity contribution in [3.8, 4) is 0 Å². The smallest absolute Gasteiger partial charge is 0.315 e. The predicted octanol–water partition coefficient (Wildman–Crippen LogP) is 1.39. The fourth-order valence-corrected chi connectivity index (χ4v) is 3.27. The number of esters is 1. The van der Waals surface area contributed by atoms with Crippen molar-refractivity contribution in [3.63, 3.8) is 0 Å². The molecule has 2 aliphatic rings. The molecule has 0 amide bonds. The molecule has 0 spiro atoms. The van der Waals surface area contributed by atoms with Gasteiger partial charge in [-0.3, -0.25) is 4.79 Å². The summed E-state index contributed by atoms with van der Waals surface area (Å²) in [4.78, 5) is 14.9. The molecule has 2 N–H and O–H groups in total. The van der Waals surface area contributed by atoms with Gasteiger partial charge in [-0.1, -0.05) is 0 Å². The summed E-state index contributed by atoms with van der Waals surface area (Å²) in [6.45, 7) is 9.15. The van der Waals surface area contributed by atoms with Crippen molar-refractivity contribution in [2.24, 2.45) is 17.1 Å². The van der Waals surface area contributed by atoms with Crippen LogP contribution in [0, 0.1) is 11.3 Å². The first-order valence-electron chi connectivity index (χ1n) is 7.00. The number of fused-ring (bicyclic) bond motifs is 2. The molecule has 2 bridgehead atoms. The van der Waals surface area contributed by atoms with Crippen LogP contribution in [0.5, 0.6) is 0 Å². The summed E-state index contributed by atoms with van der Waals surface area (Å²) < 4.78 is 5.59. The zero-order valence-corrected chi connectivity index (χ0v) is 11.9. The van der Waals surface area contributed by atoms with Crippen molar-refractivity contribution in [2.75, 3.05) is 26.2 Å². The van der Waals surface area contributed by atoms with Crippen molar-refractivity contribution in [1.82, 2.24) is 4.90 Å². The van der Waals surface area contributed by atoms with E-state index < -0.39 is 11.0 Å². The Kier molecular flexibility index (Phi) is 3.70. The number of carbonyl (C=O) groups excluding carboxylic acids is 1. The van der Waals surface area contributed by atoms with Crippen LogP contribution in [-0.4, -0.2) is 42.6 Å². The van der Waals surface area contributed by atoms with E-state index in [1.54, 1.807) is 0 Å². The highest BCUT2D eigenvalue weighted by Gasteiger charge is 2.47. The molecule has 2 saturated heterocycles. The van der Waals surface area contributed by atoms with Crippen molar-refractivity contribution >= 4 is 5.97 Å². The van der Waals surface area contributed by atoms with Gasteiger partial charge in [0.2, 0.25) is 0 Å². The van der Waals surface area contributed by atoms with Crippen molar-refractivity contribution in [1.29, 1.82) is 0 Å². The fraction of sp³-hybridized carbons (Fsp3) is 0.929. The van der Waals surface area contributed by atoms with Gasteiger partial charge in [-0.2, -0.15) is 0 Å². The van der Waals surface area contributed by atoms with Gasteiger partial charge in [-0.15, -0.1) is 0 Å². The standard InChI is InChI=1S/C14H26N2O2/c1-13(2,3)18-12(17)14(9-15)7-11-5-4-6-16(8-11)10-14/h11H,4-10,15H2,1-3H3. The Labute approximate surface area is 110 Å². The molecular formula is C14H26N2O2. The molecule has 0 saturated carbocycles. The lowest BCUT2D eigenvalue weighted by atomic mass is 9.72. The van der Waals surface area contributed by atoms with Crippen LogP contribution in [0.25, 0.3) is 0 Å². The maximum absolute atomic E-state index is 12.5. The summed E-state index contributed by atoms with van der Waals surface area (Å²) in [5.41, 5.74) is 5.03. The molecule has 4 heteroatoms. The number of piperidine rings is 2. The summed E-state index contributed by atoms with van der Waals surface area (Å²) in [6.07, 6.45) is 3.37. The van der Waals surface area contributed by atoms with Crippen molar-refractivity contribution < 1.29 is 9.53 Å². The Morgan fingerprint density at radius 3 is 2.78 bits per heavy atom. The largest absolute Gasteiger partial charge is 0.459 e. The van der Waals surface area contributed by atoms with Gasteiger partial charge in [-0.25, -0.2) is 0 Å². The Morgan fingerprint density at radius 1 is 1.50 bits per heavy atom. The lowest BCUT2D eigenvalue weighted by Gasteiger charge is -2.47. The van der Waals surface area contributed by atoms with Crippen LogP contribution in [0.2, 0.25) is 0 Å². The minimum atomic E-state index is -0.476. The lowest BCUT2D eigenvalue weighted by Crippen LogP contribution is -2.57. The highest BCUT2D eigenvalue weighted by molar-refractivity contribution is 5.78. The third-order valence-corrected chi connectivity index (χ3v) is 4.03. The molecule has 104 valence electrons. The number of hydrogen-bond acceptors (Lipinski definition) is 4. The Bertz CT molecular complexity index is 310. The van der Waals surface area contributed by atoms with E-state index >= 15 is 0 Å². The van der Waals surface area contributed by atoms with Gasteiger partial charge in [0.05, 0.1) is 5.41 Å². The summed E-state index contributed by atoms with van der Waals surface area (Å²) in [5, 5.41) is 0. The molecular weight excluding hydrogens is 228 g/mol. The quantitative estimate of drug-likeness (QED) is 0.757. The van der Waals surface area contributed by atoms with E-state index in [4.69, 9.17) is 10.5 Å². The number of rotatable bonds is 2. The Hall–Kier alpha value is -0.610. The molecule has 0 aromatic rings. The molecule has 3 atom stereocenters. The van der Waals surface area contributed by atoms with Crippen LogP contribution in [-0.2, 0) is 9.53 Å². The SMILES string of the molecule is CC(C)(C)OC(=O)C1(CN)CC2CCCN(C2)C1. The topological polar surface area (TPSA) is 55.6 Å². The average molecular weight is 254 g/mol. The molecule has 2 aliphatic heterocycles. The van der Waals surface area contributed by atoms with Crippen LogP contribution in [0.15, 0.2) is 0 Å². The van der Waals surface area contributed by atoms with Gasteiger partial charge >= 0.3 is 5.97 Å². The second kappa shape index (κ2) is 4.82. The number of nitrogens with two attached hydrogens (primary N) is 1. The van der Waals surface area contributed by atoms with E-state index in [0.717, 1.165) is 26.1 Å². The zero-order chi connectivity index (χ0) is 13.4. The summed E-state index contributed by atoms with van der Waals surface area (Å²) in [7, 11) is 0. The fourth-order valence-electron chi connectivity index (χ4n) is 3.27. The zero-order valence-electron chi connectivity index (χ0n) is 11.9. The van der Waals surface area contributed by atoms with Crippen LogP contribution in [0.4, 0.5) is 0 Å². The highest BCUT2D eigenvalue weighted by Crippen LogP contribution is 2.39. The normalized spacial score (nSPS) is 36.2. The maximum atomic E-state index is 12.5. The molecule has 2 fully saturated rings. The Morgan fingerprint density at radius 2 is 2.22 bits per heavy atom. The first kappa shape index (κ1) is 13.8. The van der Waals surface area contributed by atoms with Gasteiger partial charge in [0, 0.05) is 19.6 Å². The second-order valence-corrected chi connectivity index (χ2v) is 6.93. The number of carbonyl (C=O) groups is 1. The monoisotopic (exact) mass is 254 g/mol.